The molecular weight excluding hydrogens is 636 g/mol. The van der Waals surface area contributed by atoms with Crippen molar-refractivity contribution in [2.24, 2.45) is 71.0 Å². The highest BCUT2D eigenvalue weighted by atomic mass is 16.6. The molecule has 1 heterocycles. The lowest BCUT2D eigenvalue weighted by Gasteiger charge is -2.60. The van der Waals surface area contributed by atoms with Crippen LogP contribution >= 0.6 is 0 Å². The fraction of sp³-hybridized carbons (Fsp3) is 0.902. The van der Waals surface area contributed by atoms with Crippen LogP contribution in [-0.4, -0.2) is 58.0 Å². The third-order valence-corrected chi connectivity index (χ3v) is 16.1. The average molecular weight is 695 g/mol. The number of hydrogen-bond donors (Lipinski definition) is 1. The highest BCUT2D eigenvalue weighted by Crippen LogP contribution is 2.62. The van der Waals surface area contributed by atoms with E-state index in [0.717, 1.165) is 82.5 Å². The molecule has 9 nitrogen and oxygen atoms in total. The molecule has 10 bridgehead atoms. The molecule has 10 aliphatic carbocycles. The van der Waals surface area contributed by atoms with Gasteiger partial charge < -0.3 is 24.1 Å². The van der Waals surface area contributed by atoms with Crippen LogP contribution in [0.15, 0.2) is 0 Å². The second kappa shape index (κ2) is 11.9. The minimum absolute atomic E-state index is 0.0558. The van der Waals surface area contributed by atoms with Crippen molar-refractivity contribution in [1.29, 1.82) is 0 Å². The quantitative estimate of drug-likeness (QED) is 0.185. The van der Waals surface area contributed by atoms with Crippen molar-refractivity contribution in [3.05, 3.63) is 0 Å². The summed E-state index contributed by atoms with van der Waals surface area (Å²) in [6.45, 7) is 5.95. The van der Waals surface area contributed by atoms with Gasteiger partial charge in [-0.15, -0.1) is 0 Å². The van der Waals surface area contributed by atoms with Gasteiger partial charge in [-0.25, -0.2) is 0 Å². The SMILES string of the molecule is CCC(CC(CC(C)C(=O)OC12CC3CC(CC(O)(C3)C1)C2)C(=O)OC1(CC)C2CC3CC(C2)CC1C3)C(=O)OC1C2CC3C(=O)OC1C3C2. The minimum atomic E-state index is -0.738. The molecule has 10 saturated carbocycles. The van der Waals surface area contributed by atoms with E-state index in [9.17, 15) is 24.3 Å². The van der Waals surface area contributed by atoms with Gasteiger partial charge in [-0.05, 0) is 138 Å². The Bertz CT molecular complexity index is 1380. The van der Waals surface area contributed by atoms with E-state index in [4.69, 9.17) is 18.9 Å². The lowest BCUT2D eigenvalue weighted by molar-refractivity contribution is -0.223. The van der Waals surface area contributed by atoms with E-state index in [1.54, 1.807) is 0 Å². The summed E-state index contributed by atoms with van der Waals surface area (Å²) in [6.07, 6.45) is 13.2. The predicted octanol–water partition coefficient (Wildman–Crippen LogP) is 6.31. The van der Waals surface area contributed by atoms with Gasteiger partial charge in [0.2, 0.25) is 0 Å². The zero-order valence-electron chi connectivity index (χ0n) is 30.3. The van der Waals surface area contributed by atoms with Gasteiger partial charge in [-0.2, -0.15) is 0 Å². The summed E-state index contributed by atoms with van der Waals surface area (Å²) >= 11 is 0. The molecule has 0 amide bonds. The first kappa shape index (κ1) is 33.7. The molecule has 10 atom stereocenters. The van der Waals surface area contributed by atoms with Gasteiger partial charge in [0.25, 0.3) is 0 Å². The van der Waals surface area contributed by atoms with Crippen LogP contribution in [-0.2, 0) is 38.1 Å². The summed E-state index contributed by atoms with van der Waals surface area (Å²) in [7, 11) is 0. The van der Waals surface area contributed by atoms with E-state index < -0.39 is 40.7 Å². The van der Waals surface area contributed by atoms with Crippen LogP contribution in [0.3, 0.4) is 0 Å². The molecule has 10 unspecified atom stereocenters. The number of aliphatic hydroxyl groups is 1. The van der Waals surface area contributed by atoms with Gasteiger partial charge in [-0.3, -0.25) is 19.2 Å². The second-order valence-corrected chi connectivity index (χ2v) is 19.3. The number of carbonyl (C=O) groups is 4. The summed E-state index contributed by atoms with van der Waals surface area (Å²) in [5.41, 5.74) is -1.83. The molecule has 1 N–H and O–H groups in total. The zero-order chi connectivity index (χ0) is 34.7. The maximum absolute atomic E-state index is 14.6. The van der Waals surface area contributed by atoms with Crippen LogP contribution in [0.5, 0.6) is 0 Å². The first-order valence-corrected chi connectivity index (χ1v) is 20.5. The molecule has 276 valence electrons. The number of esters is 4. The minimum Gasteiger partial charge on any atom is -0.459 e. The van der Waals surface area contributed by atoms with E-state index in [1.165, 1.54) is 6.42 Å². The molecule has 11 fully saturated rings. The van der Waals surface area contributed by atoms with E-state index in [0.29, 0.717) is 42.9 Å². The molecule has 0 aromatic heterocycles. The van der Waals surface area contributed by atoms with E-state index in [-0.39, 0.29) is 60.6 Å². The summed E-state index contributed by atoms with van der Waals surface area (Å²) in [6, 6.07) is 0. The average Bonchev–Trinajstić information content (AvgIpc) is 3.68. The standard InChI is InChI=1S/C41H58O9/c1-4-26(36(43)47-33-27-14-31-32(15-27)38(45)48-34(31)33)13-28(37(44)50-41(5-2)29-9-22-7-23(11-29)12-30(41)10-22)6-21(3)35(42)49-40-18-24-8-25(19-40)17-39(46,16-24)20-40/h21-34,46H,4-20H2,1-3H3. The van der Waals surface area contributed by atoms with E-state index >= 15 is 0 Å². The Morgan fingerprint density at radius 1 is 0.800 bits per heavy atom. The van der Waals surface area contributed by atoms with Crippen LogP contribution < -0.4 is 0 Å². The third kappa shape index (κ3) is 5.38. The van der Waals surface area contributed by atoms with Crippen molar-refractivity contribution in [1.82, 2.24) is 0 Å². The Morgan fingerprint density at radius 3 is 2.08 bits per heavy atom. The Morgan fingerprint density at radius 2 is 1.46 bits per heavy atom. The van der Waals surface area contributed by atoms with Crippen LogP contribution in [0.2, 0.25) is 0 Å². The van der Waals surface area contributed by atoms with E-state index in [2.05, 4.69) is 6.92 Å². The largest absolute Gasteiger partial charge is 0.459 e. The number of fused-ring (bicyclic) bond motifs is 1. The van der Waals surface area contributed by atoms with Gasteiger partial charge in [0, 0.05) is 18.3 Å². The highest BCUT2D eigenvalue weighted by molar-refractivity contribution is 5.79. The van der Waals surface area contributed by atoms with Crippen LogP contribution in [0, 0.1) is 71.0 Å². The van der Waals surface area contributed by atoms with Crippen LogP contribution in [0.4, 0.5) is 0 Å². The Hall–Kier alpha value is -2.16. The number of ether oxygens (including phenoxy) is 4. The molecule has 11 aliphatic rings. The van der Waals surface area contributed by atoms with Crippen LogP contribution in [0.25, 0.3) is 0 Å². The van der Waals surface area contributed by atoms with Gasteiger partial charge >= 0.3 is 23.9 Å². The van der Waals surface area contributed by atoms with E-state index in [1.807, 2.05) is 13.8 Å². The third-order valence-electron chi connectivity index (χ3n) is 16.1. The van der Waals surface area contributed by atoms with Crippen LogP contribution in [0.1, 0.15) is 130 Å². The molecule has 9 heteroatoms. The first-order valence-electron chi connectivity index (χ1n) is 20.5. The van der Waals surface area contributed by atoms with Gasteiger partial charge in [0.05, 0.1) is 29.3 Å². The topological polar surface area (TPSA) is 125 Å². The van der Waals surface area contributed by atoms with Crippen molar-refractivity contribution in [2.45, 2.75) is 159 Å². The Labute approximate surface area is 296 Å². The van der Waals surface area contributed by atoms with Crippen molar-refractivity contribution < 1.29 is 43.2 Å². The highest BCUT2D eigenvalue weighted by Gasteiger charge is 2.64. The molecule has 0 radical (unpaired) electrons. The first-order chi connectivity index (χ1) is 23.9. The molecule has 0 aromatic carbocycles. The fourth-order valence-corrected chi connectivity index (χ4v) is 14.5. The predicted molar refractivity (Wildman–Crippen MR) is 180 cm³/mol. The lowest BCUT2D eigenvalue weighted by Crippen LogP contribution is -2.60. The Balaban J connectivity index is 0.923. The summed E-state index contributed by atoms with van der Waals surface area (Å²) in [5, 5.41) is 11.3. The Kier molecular flexibility index (Phi) is 8.03. The van der Waals surface area contributed by atoms with Gasteiger partial charge in [0.15, 0.2) is 0 Å². The van der Waals surface area contributed by atoms with Crippen molar-refractivity contribution in [2.75, 3.05) is 0 Å². The summed E-state index contributed by atoms with van der Waals surface area (Å²) in [5.74, 6) is 0.350. The summed E-state index contributed by atoms with van der Waals surface area (Å²) in [4.78, 5) is 54.7. The van der Waals surface area contributed by atoms with Crippen molar-refractivity contribution >= 4 is 23.9 Å². The number of rotatable bonds is 12. The molecular formula is C41H58O9. The van der Waals surface area contributed by atoms with Gasteiger partial charge in [-0.1, -0.05) is 20.8 Å². The molecule has 1 aliphatic heterocycles. The maximum Gasteiger partial charge on any atom is 0.309 e. The molecule has 0 spiro atoms. The van der Waals surface area contributed by atoms with Crippen molar-refractivity contribution in [3.63, 3.8) is 0 Å². The molecule has 1 saturated heterocycles. The maximum atomic E-state index is 14.6. The normalized spacial score (nSPS) is 48.7. The smallest absolute Gasteiger partial charge is 0.309 e. The second-order valence-electron chi connectivity index (χ2n) is 19.3. The fourth-order valence-electron chi connectivity index (χ4n) is 14.5. The number of hydrogen-bond acceptors (Lipinski definition) is 9. The monoisotopic (exact) mass is 694 g/mol. The van der Waals surface area contributed by atoms with Crippen molar-refractivity contribution in [3.8, 4) is 0 Å². The molecule has 0 aromatic rings. The lowest BCUT2D eigenvalue weighted by atomic mass is 9.49. The zero-order valence-corrected chi connectivity index (χ0v) is 30.3. The number of carbonyl (C=O) groups excluding carboxylic acids is 4. The molecule has 11 rings (SSSR count). The molecule has 50 heavy (non-hydrogen) atoms. The van der Waals surface area contributed by atoms with Gasteiger partial charge in [0.1, 0.15) is 23.4 Å². The summed E-state index contributed by atoms with van der Waals surface area (Å²) < 4.78 is 25.0.